The number of nitrogens with zero attached hydrogens (tertiary/aromatic N) is 1. The number of alkyl halides is 2. The minimum Gasteiger partial charge on any atom is -0.485 e. The molecule has 0 aliphatic carbocycles. The van der Waals surface area contributed by atoms with Crippen LogP contribution in [0.2, 0.25) is 0 Å². The van der Waals surface area contributed by atoms with E-state index in [0.29, 0.717) is 5.75 Å². The highest BCUT2D eigenvalue weighted by Gasteiger charge is 2.32. The molecule has 0 unspecified atom stereocenters. The Balaban J connectivity index is 2.51. The fourth-order valence-electron chi connectivity index (χ4n) is 0.945. The minimum atomic E-state index is -3.09. The van der Waals surface area contributed by atoms with Crippen molar-refractivity contribution >= 4 is 0 Å². The Morgan fingerprint density at radius 1 is 1.47 bits per heavy atom. The monoisotopic (exact) mass is 218 g/mol. The molecule has 0 aliphatic heterocycles. The number of hydrogen-bond acceptors (Lipinski definition) is 2. The Morgan fingerprint density at radius 2 is 2.20 bits per heavy atom. The number of hydrogen-bond donors (Lipinski definition) is 0. The Morgan fingerprint density at radius 3 is 2.67 bits per heavy atom. The van der Waals surface area contributed by atoms with Crippen LogP contribution in [0.1, 0.15) is 12.6 Å². The van der Waals surface area contributed by atoms with Gasteiger partial charge in [0.15, 0.2) is 6.61 Å². The first kappa shape index (κ1) is 11.8. The van der Waals surface area contributed by atoms with Gasteiger partial charge in [-0.05, 0) is 18.6 Å². The molecule has 1 heterocycles. The normalized spacial score (nSPS) is 11.5. The van der Waals surface area contributed by atoms with Crippen LogP contribution in [0.3, 0.4) is 0 Å². The van der Waals surface area contributed by atoms with E-state index in [4.69, 9.17) is 9.84 Å². The van der Waals surface area contributed by atoms with Crippen LogP contribution in [0.4, 0.5) is 8.78 Å². The molecule has 3 nitrogen and oxygen atoms in total. The summed E-state index contributed by atoms with van der Waals surface area (Å²) in [5.41, 5.74) is 0.884. The molecule has 1 rings (SSSR count). The van der Waals surface area contributed by atoms with Gasteiger partial charge in [-0.15, -0.1) is 0 Å². The summed E-state index contributed by atoms with van der Waals surface area (Å²) in [4.78, 5) is 4.01. The number of rotatable bonds is 5. The summed E-state index contributed by atoms with van der Waals surface area (Å²) in [7, 11) is 0. The number of pyridine rings is 1. The van der Waals surface area contributed by atoms with Gasteiger partial charge in [0.25, 0.3) is 0 Å². The summed E-state index contributed by atoms with van der Waals surface area (Å²) in [6.07, 6.45) is 2.21. The molecule has 0 saturated heterocycles. The third-order valence-electron chi connectivity index (χ3n) is 1.87. The van der Waals surface area contributed by atoms with Crippen LogP contribution < -0.4 is 4.74 Å². The van der Waals surface area contributed by atoms with Crippen LogP contribution in [0, 0.1) is 0 Å². The number of halogens is 2. The molecule has 15 heavy (non-hydrogen) atoms. The molecule has 1 aromatic heterocycles. The molecule has 0 fully saturated rings. The van der Waals surface area contributed by atoms with Gasteiger partial charge in [0, 0.05) is 5.69 Å². The summed E-state index contributed by atoms with van der Waals surface area (Å²) in [5.74, 6) is -2.79. The van der Waals surface area contributed by atoms with Gasteiger partial charge in [-0.1, -0.05) is 6.92 Å². The van der Waals surface area contributed by atoms with E-state index in [1.807, 2.05) is 6.92 Å². The maximum atomic E-state index is 12.7. The zero-order valence-corrected chi connectivity index (χ0v) is 8.46. The van der Waals surface area contributed by atoms with Gasteiger partial charge in [0.2, 0.25) is 6.61 Å². The molecule has 5 heteroatoms. The summed E-state index contributed by atoms with van der Waals surface area (Å²) in [5, 5.41) is 6.59. The lowest BCUT2D eigenvalue weighted by Crippen LogP contribution is -2.29. The van der Waals surface area contributed by atoms with Gasteiger partial charge in [-0.2, -0.15) is 8.78 Å². The predicted octanol–water partition coefficient (Wildman–Crippen LogP) is 1.38. The average molecular weight is 218 g/mol. The van der Waals surface area contributed by atoms with Crippen LogP contribution in [-0.2, 0) is 6.42 Å². The van der Waals surface area contributed by atoms with Crippen molar-refractivity contribution < 1.29 is 18.6 Å². The second-order valence-corrected chi connectivity index (χ2v) is 3.16. The zero-order chi connectivity index (χ0) is 11.3. The molecule has 0 amide bonds. The van der Waals surface area contributed by atoms with Crippen molar-refractivity contribution in [1.29, 1.82) is 0 Å². The molecule has 1 aromatic rings. The minimum absolute atomic E-state index is 0.306. The fraction of sp³-hybridized carbons (Fsp3) is 0.500. The van der Waals surface area contributed by atoms with E-state index in [1.165, 1.54) is 6.20 Å². The topological polar surface area (TPSA) is 45.0 Å². The molecule has 0 bridgehead atoms. The number of ether oxygens (including phenoxy) is 1. The molecule has 0 atom stereocenters. The van der Waals surface area contributed by atoms with Crippen molar-refractivity contribution in [3.63, 3.8) is 0 Å². The lowest BCUT2D eigenvalue weighted by atomic mass is 10.3. The maximum absolute atomic E-state index is 12.7. The predicted molar refractivity (Wildman–Crippen MR) is 52.5 cm³/mol. The van der Waals surface area contributed by atoms with Gasteiger partial charge in [0.05, 0.1) is 6.20 Å². The van der Waals surface area contributed by atoms with Crippen LogP contribution in [-0.4, -0.2) is 29.2 Å². The smallest absolute Gasteiger partial charge is 0.347 e. The number of aryl methyl sites for hydroxylation is 1. The highest BCUT2D eigenvalue weighted by molar-refractivity contribution is 5.19. The highest BCUT2D eigenvalue weighted by atomic mass is 19.3. The Kier molecular flexibility index (Phi) is 3.96. The van der Waals surface area contributed by atoms with Gasteiger partial charge >= 0.3 is 5.92 Å². The standard InChI is InChI=1S/C10H13F2NO2/c1-2-8-3-4-9(5-13-8)15-7-10(11,12)6-14/h3-5,14H,2,6-7H2,1H3/p+1. The molecule has 0 aliphatic rings. The molecule has 2 N–H and O–H groups in total. The first-order chi connectivity index (χ1) is 7.07. The molecule has 0 spiro atoms. The summed E-state index contributed by atoms with van der Waals surface area (Å²) in [6, 6.07) is 3.33. The van der Waals surface area contributed by atoms with Crippen molar-refractivity contribution in [3.05, 3.63) is 24.0 Å². The Bertz CT molecular complexity index is 301. The van der Waals surface area contributed by atoms with Gasteiger partial charge in [-0.25, -0.2) is 0 Å². The number of aromatic nitrogens is 1. The summed E-state index contributed by atoms with van der Waals surface area (Å²) < 4.78 is 30.1. The average Bonchev–Trinajstić information content (AvgIpc) is 2.27. The Labute approximate surface area is 86.7 Å². The summed E-state index contributed by atoms with van der Waals surface area (Å²) >= 11 is 0. The van der Waals surface area contributed by atoms with Crippen LogP contribution >= 0.6 is 0 Å². The molecular formula is C10H14F2NO2+. The second kappa shape index (κ2) is 5.02. The highest BCUT2D eigenvalue weighted by Crippen LogP contribution is 2.16. The van der Waals surface area contributed by atoms with E-state index in [1.54, 1.807) is 12.1 Å². The zero-order valence-electron chi connectivity index (χ0n) is 8.46. The van der Waals surface area contributed by atoms with Gasteiger partial charge < -0.3 is 9.84 Å². The fourth-order valence-corrected chi connectivity index (χ4v) is 0.945. The van der Waals surface area contributed by atoms with Crippen molar-refractivity contribution in [2.75, 3.05) is 13.2 Å². The molecule has 0 saturated carbocycles. The van der Waals surface area contributed by atoms with Crippen molar-refractivity contribution in [1.82, 2.24) is 4.98 Å². The molecule has 0 radical (unpaired) electrons. The lowest BCUT2D eigenvalue weighted by Gasteiger charge is -2.12. The van der Waals surface area contributed by atoms with E-state index >= 15 is 0 Å². The van der Waals surface area contributed by atoms with Crippen molar-refractivity contribution in [3.8, 4) is 5.75 Å². The lowest BCUT2D eigenvalue weighted by molar-refractivity contribution is -0.0801. The maximum Gasteiger partial charge on any atom is 0.347 e. The van der Waals surface area contributed by atoms with E-state index in [-0.39, 0.29) is 0 Å². The largest absolute Gasteiger partial charge is 0.485 e. The molecule has 0 aromatic carbocycles. The van der Waals surface area contributed by atoms with Crippen molar-refractivity contribution in [2.45, 2.75) is 19.3 Å². The molecule has 84 valence electrons. The first-order valence-electron chi connectivity index (χ1n) is 4.67. The van der Waals surface area contributed by atoms with Crippen LogP contribution in [0.25, 0.3) is 0 Å². The van der Waals surface area contributed by atoms with E-state index in [9.17, 15) is 8.78 Å². The van der Waals surface area contributed by atoms with Crippen LogP contribution in [0.5, 0.6) is 5.75 Å². The van der Waals surface area contributed by atoms with Gasteiger partial charge in [0.1, 0.15) is 5.75 Å². The third kappa shape index (κ3) is 3.79. The third-order valence-corrected chi connectivity index (χ3v) is 1.87. The van der Waals surface area contributed by atoms with E-state index in [0.717, 1.165) is 12.1 Å². The summed E-state index contributed by atoms with van der Waals surface area (Å²) in [6.45, 7) is 0.216. The van der Waals surface area contributed by atoms with E-state index in [2.05, 4.69) is 4.98 Å². The first-order valence-corrected chi connectivity index (χ1v) is 4.67. The van der Waals surface area contributed by atoms with Crippen molar-refractivity contribution in [2.24, 2.45) is 0 Å². The Hall–Kier alpha value is -1.23. The quantitative estimate of drug-likeness (QED) is 0.701. The molecular weight excluding hydrogens is 204 g/mol. The second-order valence-electron chi connectivity index (χ2n) is 3.16. The van der Waals surface area contributed by atoms with E-state index < -0.39 is 19.1 Å². The van der Waals surface area contributed by atoms with Crippen LogP contribution in [0.15, 0.2) is 18.3 Å². The SMILES string of the molecule is CCc1ccc(OCC(F)(F)C[OH2+])cn1. The van der Waals surface area contributed by atoms with Gasteiger partial charge in [-0.3, -0.25) is 4.98 Å².